The Bertz CT molecular complexity index is 501. The Kier molecular flexibility index (Phi) is 8.35. The van der Waals surface area contributed by atoms with Gasteiger partial charge in [-0.25, -0.2) is 9.97 Å². The predicted octanol–water partition coefficient (Wildman–Crippen LogP) is 2.19. The first kappa shape index (κ1) is 18.2. The van der Waals surface area contributed by atoms with Crippen molar-refractivity contribution < 1.29 is 4.79 Å². The van der Waals surface area contributed by atoms with E-state index in [1.165, 1.54) is 0 Å². The van der Waals surface area contributed by atoms with E-state index in [2.05, 4.69) is 20.6 Å². The van der Waals surface area contributed by atoms with Gasteiger partial charge in [0.2, 0.25) is 5.91 Å². The third-order valence-electron chi connectivity index (χ3n) is 2.46. The number of anilines is 2. The zero-order chi connectivity index (χ0) is 12.8. The minimum Gasteiger partial charge on any atom is -0.373 e. The van der Waals surface area contributed by atoms with E-state index in [1.54, 1.807) is 25.8 Å². The van der Waals surface area contributed by atoms with E-state index < -0.39 is 0 Å². The SMILES string of the molecule is CNc1ccc(NC(=O)CCn2ccnc2)cn1.Cl.Cl. The second-order valence-electron chi connectivity index (χ2n) is 3.78. The highest BCUT2D eigenvalue weighted by atomic mass is 35.5. The van der Waals surface area contributed by atoms with Gasteiger partial charge in [-0.15, -0.1) is 24.8 Å². The standard InChI is InChI=1S/C12H15N5O.2ClH/c1-13-11-3-2-10(8-15-11)16-12(18)4-6-17-7-5-14-9-17;;/h2-3,5,7-9H,4,6H2,1H3,(H,13,15)(H,16,18);2*1H. The van der Waals surface area contributed by atoms with Gasteiger partial charge in [-0.2, -0.15) is 0 Å². The van der Waals surface area contributed by atoms with Crippen molar-refractivity contribution in [2.75, 3.05) is 17.7 Å². The Hall–Kier alpha value is -1.79. The molecule has 6 nitrogen and oxygen atoms in total. The van der Waals surface area contributed by atoms with Crippen molar-refractivity contribution >= 4 is 42.2 Å². The van der Waals surface area contributed by atoms with Gasteiger partial charge >= 0.3 is 0 Å². The molecule has 2 N–H and O–H groups in total. The fourth-order valence-electron chi connectivity index (χ4n) is 1.49. The molecule has 0 aliphatic rings. The van der Waals surface area contributed by atoms with Crippen molar-refractivity contribution in [3.63, 3.8) is 0 Å². The number of aryl methyl sites for hydroxylation is 1. The summed E-state index contributed by atoms with van der Waals surface area (Å²) in [6.07, 6.45) is 7.25. The number of carbonyl (C=O) groups is 1. The van der Waals surface area contributed by atoms with E-state index in [9.17, 15) is 4.79 Å². The van der Waals surface area contributed by atoms with Crippen LogP contribution in [0.1, 0.15) is 6.42 Å². The molecule has 1 amide bonds. The van der Waals surface area contributed by atoms with Crippen LogP contribution in [0.5, 0.6) is 0 Å². The summed E-state index contributed by atoms with van der Waals surface area (Å²) in [5.41, 5.74) is 0.699. The molecular weight excluding hydrogens is 301 g/mol. The number of nitrogens with zero attached hydrogens (tertiary/aromatic N) is 3. The monoisotopic (exact) mass is 317 g/mol. The van der Waals surface area contributed by atoms with Gasteiger partial charge in [0.05, 0.1) is 18.2 Å². The molecule has 0 aliphatic carbocycles. The maximum absolute atomic E-state index is 11.7. The van der Waals surface area contributed by atoms with Gasteiger partial charge in [-0.05, 0) is 12.1 Å². The number of imidazole rings is 1. The lowest BCUT2D eigenvalue weighted by atomic mass is 10.3. The summed E-state index contributed by atoms with van der Waals surface area (Å²) in [7, 11) is 1.80. The van der Waals surface area contributed by atoms with E-state index in [1.807, 2.05) is 22.9 Å². The quantitative estimate of drug-likeness (QED) is 0.886. The number of hydrogen-bond donors (Lipinski definition) is 2. The van der Waals surface area contributed by atoms with Crippen LogP contribution in [-0.2, 0) is 11.3 Å². The van der Waals surface area contributed by atoms with E-state index in [0.29, 0.717) is 18.7 Å². The molecule has 0 spiro atoms. The lowest BCUT2D eigenvalue weighted by Crippen LogP contribution is -2.14. The van der Waals surface area contributed by atoms with Gasteiger partial charge in [-0.1, -0.05) is 0 Å². The highest BCUT2D eigenvalue weighted by Gasteiger charge is 2.03. The normalized spacial score (nSPS) is 9.05. The Labute approximate surface area is 129 Å². The first-order valence-electron chi connectivity index (χ1n) is 5.67. The highest BCUT2D eigenvalue weighted by molar-refractivity contribution is 5.90. The van der Waals surface area contributed by atoms with Crippen LogP contribution >= 0.6 is 24.8 Å². The Balaban J connectivity index is 0.00000180. The number of hydrogen-bond acceptors (Lipinski definition) is 4. The second kappa shape index (κ2) is 9.17. The molecule has 2 aromatic rings. The van der Waals surface area contributed by atoms with Gasteiger partial charge < -0.3 is 15.2 Å². The van der Waals surface area contributed by atoms with Crippen molar-refractivity contribution in [3.05, 3.63) is 37.1 Å². The first-order chi connectivity index (χ1) is 8.78. The molecule has 2 aromatic heterocycles. The summed E-state index contributed by atoms with van der Waals surface area (Å²) in [6, 6.07) is 3.62. The summed E-state index contributed by atoms with van der Waals surface area (Å²) in [4.78, 5) is 19.7. The summed E-state index contributed by atoms with van der Waals surface area (Å²) in [5.74, 6) is 0.731. The molecule has 2 rings (SSSR count). The summed E-state index contributed by atoms with van der Waals surface area (Å²) in [6.45, 7) is 0.619. The van der Waals surface area contributed by atoms with Crippen LogP contribution < -0.4 is 10.6 Å². The average molecular weight is 318 g/mol. The average Bonchev–Trinajstić information content (AvgIpc) is 2.90. The predicted molar refractivity (Wildman–Crippen MR) is 83.8 cm³/mol. The largest absolute Gasteiger partial charge is 0.373 e. The van der Waals surface area contributed by atoms with E-state index in [0.717, 1.165) is 5.82 Å². The van der Waals surface area contributed by atoms with Crippen molar-refractivity contribution in [1.29, 1.82) is 0 Å². The van der Waals surface area contributed by atoms with Gasteiger partial charge in [-0.3, -0.25) is 4.79 Å². The minimum atomic E-state index is -0.0392. The molecule has 2 heterocycles. The van der Waals surface area contributed by atoms with E-state index >= 15 is 0 Å². The number of rotatable bonds is 5. The third kappa shape index (κ3) is 5.46. The zero-order valence-electron chi connectivity index (χ0n) is 10.9. The van der Waals surface area contributed by atoms with Gasteiger partial charge in [0, 0.05) is 32.4 Å². The molecule has 0 fully saturated rings. The van der Waals surface area contributed by atoms with Crippen LogP contribution in [0.3, 0.4) is 0 Å². The smallest absolute Gasteiger partial charge is 0.226 e. The van der Waals surface area contributed by atoms with Crippen molar-refractivity contribution in [1.82, 2.24) is 14.5 Å². The maximum Gasteiger partial charge on any atom is 0.226 e. The highest BCUT2D eigenvalue weighted by Crippen LogP contribution is 2.09. The van der Waals surface area contributed by atoms with Gasteiger partial charge in [0.15, 0.2) is 0 Å². The zero-order valence-corrected chi connectivity index (χ0v) is 12.6. The van der Waals surface area contributed by atoms with Crippen molar-refractivity contribution in [2.45, 2.75) is 13.0 Å². The number of carbonyl (C=O) groups excluding carboxylic acids is 1. The molecule has 20 heavy (non-hydrogen) atoms. The summed E-state index contributed by atoms with van der Waals surface area (Å²) >= 11 is 0. The summed E-state index contributed by atoms with van der Waals surface area (Å²) in [5, 5.41) is 5.71. The molecule has 0 radical (unpaired) electrons. The minimum absolute atomic E-state index is 0. The molecule has 110 valence electrons. The molecule has 0 unspecified atom stereocenters. The fraction of sp³-hybridized carbons (Fsp3) is 0.250. The lowest BCUT2D eigenvalue weighted by Gasteiger charge is -2.06. The van der Waals surface area contributed by atoms with Crippen LogP contribution in [0.25, 0.3) is 0 Å². The first-order valence-corrected chi connectivity index (χ1v) is 5.67. The molecule has 0 bridgehead atoms. The molecule has 0 saturated carbocycles. The van der Waals surface area contributed by atoms with E-state index in [-0.39, 0.29) is 30.7 Å². The Morgan fingerprint density at radius 1 is 1.35 bits per heavy atom. The molecular formula is C12H17Cl2N5O. The number of amides is 1. The van der Waals surface area contributed by atoms with Gasteiger partial charge in [0.25, 0.3) is 0 Å². The molecule has 0 atom stereocenters. The Morgan fingerprint density at radius 2 is 2.15 bits per heavy atom. The fourth-order valence-corrected chi connectivity index (χ4v) is 1.49. The maximum atomic E-state index is 11.7. The van der Waals surface area contributed by atoms with Crippen LogP contribution in [0.15, 0.2) is 37.1 Å². The van der Waals surface area contributed by atoms with Crippen LogP contribution in [0.4, 0.5) is 11.5 Å². The molecule has 0 saturated heterocycles. The van der Waals surface area contributed by atoms with E-state index in [4.69, 9.17) is 0 Å². The number of pyridine rings is 1. The van der Waals surface area contributed by atoms with Crippen LogP contribution in [0.2, 0.25) is 0 Å². The molecule has 8 heteroatoms. The second-order valence-corrected chi connectivity index (χ2v) is 3.78. The van der Waals surface area contributed by atoms with Crippen molar-refractivity contribution in [2.24, 2.45) is 0 Å². The van der Waals surface area contributed by atoms with Crippen molar-refractivity contribution in [3.8, 4) is 0 Å². The summed E-state index contributed by atoms with van der Waals surface area (Å²) < 4.78 is 1.86. The molecule has 0 aliphatic heterocycles. The topological polar surface area (TPSA) is 71.8 Å². The number of nitrogens with one attached hydrogen (secondary N) is 2. The Morgan fingerprint density at radius 3 is 2.70 bits per heavy atom. The lowest BCUT2D eigenvalue weighted by molar-refractivity contribution is -0.116. The van der Waals surface area contributed by atoms with Crippen LogP contribution in [-0.4, -0.2) is 27.5 Å². The number of halogens is 2. The number of aromatic nitrogens is 3. The third-order valence-corrected chi connectivity index (χ3v) is 2.46. The van der Waals surface area contributed by atoms with Gasteiger partial charge in [0.1, 0.15) is 5.82 Å². The molecule has 0 aromatic carbocycles. The van der Waals surface area contributed by atoms with Crippen LogP contribution in [0, 0.1) is 0 Å².